The Morgan fingerprint density at radius 2 is 2.25 bits per heavy atom. The summed E-state index contributed by atoms with van der Waals surface area (Å²) in [5, 5.41) is 19.6. The van der Waals surface area contributed by atoms with Crippen molar-refractivity contribution in [3.8, 4) is 11.3 Å². The van der Waals surface area contributed by atoms with Crippen LogP contribution in [0.15, 0.2) is 12.1 Å². The van der Waals surface area contributed by atoms with Gasteiger partial charge in [0.15, 0.2) is 0 Å². The van der Waals surface area contributed by atoms with Gasteiger partial charge in [-0.05, 0) is 36.8 Å². The molecule has 0 unspecified atom stereocenters. The summed E-state index contributed by atoms with van der Waals surface area (Å²) >= 11 is 0. The molecule has 24 heavy (non-hydrogen) atoms. The molecule has 5 N–H and O–H groups in total. The third-order valence-electron chi connectivity index (χ3n) is 4.43. The maximum atomic E-state index is 11.6. The molecule has 0 bridgehead atoms. The zero-order valence-electron chi connectivity index (χ0n) is 14.0. The number of hydrogen-bond acceptors (Lipinski definition) is 5. The molecule has 0 aromatic carbocycles. The van der Waals surface area contributed by atoms with Gasteiger partial charge in [-0.3, -0.25) is 9.89 Å². The third-order valence-corrected chi connectivity index (χ3v) is 4.43. The summed E-state index contributed by atoms with van der Waals surface area (Å²) in [5.41, 5.74) is 9.85. The number of carbonyl (C=O) groups excluding carboxylic acids is 1. The van der Waals surface area contributed by atoms with Crippen molar-refractivity contribution in [3.63, 3.8) is 0 Å². The molecule has 7 nitrogen and oxygen atoms in total. The molecule has 1 amide bonds. The first-order chi connectivity index (χ1) is 11.4. The molecular weight excluding hydrogens is 306 g/mol. The molecule has 0 spiro atoms. The van der Waals surface area contributed by atoms with Crippen molar-refractivity contribution in [2.75, 3.05) is 18.5 Å². The number of aromatic nitrogens is 3. The number of fused-ring (bicyclic) bond motifs is 1. The Bertz CT molecular complexity index is 766. The molecule has 0 atom stereocenters. The van der Waals surface area contributed by atoms with Gasteiger partial charge >= 0.3 is 0 Å². The normalized spacial score (nSPS) is 15.8. The summed E-state index contributed by atoms with van der Waals surface area (Å²) in [6.45, 7) is 4.84. The van der Waals surface area contributed by atoms with E-state index in [4.69, 9.17) is 10.8 Å². The molecule has 7 heteroatoms. The van der Waals surface area contributed by atoms with Crippen LogP contribution < -0.4 is 11.1 Å². The van der Waals surface area contributed by atoms with Crippen LogP contribution in [0.4, 0.5) is 5.82 Å². The number of nitrogens with one attached hydrogen (secondary N) is 2. The van der Waals surface area contributed by atoms with E-state index in [1.54, 1.807) is 6.07 Å². The molecule has 1 aliphatic carbocycles. The van der Waals surface area contributed by atoms with E-state index < -0.39 is 5.91 Å². The van der Waals surface area contributed by atoms with E-state index in [1.807, 2.05) is 6.07 Å². The van der Waals surface area contributed by atoms with Crippen molar-refractivity contribution < 1.29 is 9.90 Å². The first-order valence-electron chi connectivity index (χ1n) is 8.13. The van der Waals surface area contributed by atoms with E-state index in [2.05, 4.69) is 34.3 Å². The minimum Gasteiger partial charge on any atom is -0.395 e. The highest BCUT2D eigenvalue weighted by Gasteiger charge is 2.29. The largest absolute Gasteiger partial charge is 0.395 e. The maximum absolute atomic E-state index is 11.6. The molecule has 1 aliphatic rings. The summed E-state index contributed by atoms with van der Waals surface area (Å²) in [6.07, 6.45) is 3.00. The number of nitrogens with two attached hydrogens (primary N) is 1. The number of rotatable bonds is 5. The van der Waals surface area contributed by atoms with Crippen LogP contribution in [0.5, 0.6) is 0 Å². The van der Waals surface area contributed by atoms with Gasteiger partial charge in [-0.2, -0.15) is 5.10 Å². The van der Waals surface area contributed by atoms with E-state index in [1.165, 1.54) is 5.56 Å². The van der Waals surface area contributed by atoms with E-state index in [-0.39, 0.29) is 17.7 Å². The van der Waals surface area contributed by atoms with Crippen LogP contribution in [-0.4, -0.2) is 39.3 Å². The zero-order chi connectivity index (χ0) is 17.3. The molecule has 0 fully saturated rings. The second kappa shape index (κ2) is 6.24. The number of aliphatic hydroxyl groups is 1. The van der Waals surface area contributed by atoms with Crippen molar-refractivity contribution in [1.29, 1.82) is 0 Å². The number of hydrogen-bond donors (Lipinski definition) is 4. The maximum Gasteiger partial charge on any atom is 0.267 e. The average Bonchev–Trinajstić information content (AvgIpc) is 2.94. The lowest BCUT2D eigenvalue weighted by molar-refractivity contribution is 0.0995. The average molecular weight is 329 g/mol. The third kappa shape index (κ3) is 3.26. The predicted molar refractivity (Wildman–Crippen MR) is 91.7 cm³/mol. The number of anilines is 1. The second-order valence-electron chi connectivity index (χ2n) is 7.01. The fourth-order valence-electron chi connectivity index (χ4n) is 3.15. The summed E-state index contributed by atoms with van der Waals surface area (Å²) in [4.78, 5) is 15.8. The van der Waals surface area contributed by atoms with E-state index in [0.717, 1.165) is 36.2 Å². The Morgan fingerprint density at radius 3 is 2.96 bits per heavy atom. The summed E-state index contributed by atoms with van der Waals surface area (Å²) in [6, 6.07) is 3.50. The van der Waals surface area contributed by atoms with E-state index in [0.29, 0.717) is 12.4 Å². The molecule has 2 aromatic heterocycles. The minimum atomic E-state index is -0.588. The van der Waals surface area contributed by atoms with Crippen LogP contribution in [0.1, 0.15) is 42.0 Å². The van der Waals surface area contributed by atoms with Crippen LogP contribution in [0, 0.1) is 5.41 Å². The summed E-state index contributed by atoms with van der Waals surface area (Å²) in [7, 11) is 0. The number of nitrogens with zero attached hydrogens (tertiary/aromatic N) is 2. The summed E-state index contributed by atoms with van der Waals surface area (Å²) < 4.78 is 0. The first-order valence-corrected chi connectivity index (χ1v) is 8.13. The highest BCUT2D eigenvalue weighted by molar-refractivity contribution is 5.92. The lowest BCUT2D eigenvalue weighted by Gasteiger charge is -2.29. The highest BCUT2D eigenvalue weighted by Crippen LogP contribution is 2.38. The van der Waals surface area contributed by atoms with Crippen LogP contribution in [0.3, 0.4) is 0 Å². The van der Waals surface area contributed by atoms with E-state index >= 15 is 0 Å². The first kappa shape index (κ1) is 16.4. The van der Waals surface area contributed by atoms with Gasteiger partial charge in [0.25, 0.3) is 5.91 Å². The fraction of sp³-hybridized carbons (Fsp3) is 0.471. The molecule has 128 valence electrons. The zero-order valence-corrected chi connectivity index (χ0v) is 14.0. The van der Waals surface area contributed by atoms with Crippen molar-refractivity contribution in [1.82, 2.24) is 15.2 Å². The highest BCUT2D eigenvalue weighted by atomic mass is 16.3. The van der Waals surface area contributed by atoms with Crippen molar-refractivity contribution in [2.45, 2.75) is 33.1 Å². The van der Waals surface area contributed by atoms with Gasteiger partial charge in [-0.25, -0.2) is 4.98 Å². The van der Waals surface area contributed by atoms with Gasteiger partial charge in [-0.1, -0.05) is 13.8 Å². The molecule has 0 saturated heterocycles. The van der Waals surface area contributed by atoms with E-state index in [9.17, 15) is 4.79 Å². The smallest absolute Gasteiger partial charge is 0.267 e. The Labute approximate surface area is 140 Å². The summed E-state index contributed by atoms with van der Waals surface area (Å²) in [5.74, 6) is -0.0855. The molecule has 2 aromatic rings. The second-order valence-corrected chi connectivity index (χ2v) is 7.01. The number of carbonyl (C=O) groups is 1. The van der Waals surface area contributed by atoms with Crippen molar-refractivity contribution in [3.05, 3.63) is 29.1 Å². The predicted octanol–water partition coefficient (Wildman–Crippen LogP) is 1.49. The minimum absolute atomic E-state index is 0.0231. The number of primary amides is 1. The SMILES string of the molecule is CC1(C)CCc2c(-c3cc(NCCO)nc(C(N)=O)c3)n[nH]c2C1. The lowest BCUT2D eigenvalue weighted by atomic mass is 9.76. The van der Waals surface area contributed by atoms with Gasteiger partial charge in [-0.15, -0.1) is 0 Å². The van der Waals surface area contributed by atoms with Crippen LogP contribution in [-0.2, 0) is 12.8 Å². The lowest BCUT2D eigenvalue weighted by Crippen LogP contribution is -2.22. The van der Waals surface area contributed by atoms with Gasteiger partial charge in [0.05, 0.1) is 12.3 Å². The van der Waals surface area contributed by atoms with Gasteiger partial charge in [0, 0.05) is 23.4 Å². The number of amides is 1. The van der Waals surface area contributed by atoms with Gasteiger partial charge in [0.1, 0.15) is 11.5 Å². The number of H-pyrrole nitrogens is 1. The van der Waals surface area contributed by atoms with Crippen LogP contribution >= 0.6 is 0 Å². The number of pyridine rings is 1. The van der Waals surface area contributed by atoms with Gasteiger partial charge < -0.3 is 16.2 Å². The van der Waals surface area contributed by atoms with Crippen molar-refractivity contribution in [2.24, 2.45) is 11.1 Å². The Balaban J connectivity index is 2.02. The number of aromatic amines is 1. The topological polar surface area (TPSA) is 117 Å². The van der Waals surface area contributed by atoms with Crippen LogP contribution in [0.2, 0.25) is 0 Å². The number of aliphatic hydroxyl groups excluding tert-OH is 1. The Morgan fingerprint density at radius 1 is 1.46 bits per heavy atom. The standard InChI is InChI=1S/C17H23N5O2/c1-17(2)4-3-11-13(9-17)21-22-15(11)10-7-12(16(18)24)20-14(8-10)19-5-6-23/h7-8,23H,3-6,9H2,1-2H3,(H2,18,24)(H,19,20)(H,21,22). The van der Waals surface area contributed by atoms with Crippen LogP contribution in [0.25, 0.3) is 11.3 Å². The Kier molecular flexibility index (Phi) is 4.28. The molecule has 3 rings (SSSR count). The quantitative estimate of drug-likeness (QED) is 0.663. The molecular formula is C17H23N5O2. The fourth-order valence-corrected chi connectivity index (χ4v) is 3.15. The Hall–Kier alpha value is -2.41. The molecule has 0 saturated carbocycles. The van der Waals surface area contributed by atoms with Crippen molar-refractivity contribution >= 4 is 11.7 Å². The molecule has 0 aliphatic heterocycles. The molecule has 2 heterocycles. The van der Waals surface area contributed by atoms with Gasteiger partial charge in [0.2, 0.25) is 0 Å². The molecule has 0 radical (unpaired) electrons. The monoisotopic (exact) mass is 329 g/mol.